The number of amides is 1. The molecule has 0 aliphatic carbocycles. The maximum atomic E-state index is 13.5. The van der Waals surface area contributed by atoms with Crippen molar-refractivity contribution < 1.29 is 18.0 Å². The molecular formula is C22H23F3N6O. The van der Waals surface area contributed by atoms with Gasteiger partial charge in [-0.25, -0.2) is 4.98 Å². The van der Waals surface area contributed by atoms with Crippen LogP contribution in [0.2, 0.25) is 0 Å². The largest absolute Gasteiger partial charge is 0.417 e. The van der Waals surface area contributed by atoms with Crippen LogP contribution < -0.4 is 5.32 Å². The van der Waals surface area contributed by atoms with Gasteiger partial charge in [0.2, 0.25) is 0 Å². The first kappa shape index (κ1) is 21.8. The maximum Gasteiger partial charge on any atom is 0.417 e. The Morgan fingerprint density at radius 2 is 1.91 bits per heavy atom. The number of rotatable bonds is 5. The standard InChI is InChI=1S/C22H23F3N6O/c1-15-5-4-12-30(19(15)14-27-20-9-8-16(13-26-20)22(23,24)25)21(32)17-6-2-3-7-18(17)31-28-10-11-29-31/h2-3,6-11,13,15,19H,4-5,12,14H2,1H3,(H,26,27). The lowest BCUT2D eigenvalue weighted by Gasteiger charge is -2.40. The number of carbonyl (C=O) groups is 1. The third-order valence-electron chi connectivity index (χ3n) is 5.73. The predicted octanol–water partition coefficient (Wildman–Crippen LogP) is 4.03. The zero-order chi connectivity index (χ0) is 22.7. The molecule has 0 saturated carbocycles. The van der Waals surface area contributed by atoms with Gasteiger partial charge in [-0.1, -0.05) is 19.1 Å². The number of nitrogens with one attached hydrogen (secondary N) is 1. The number of para-hydroxylation sites is 1. The normalized spacial score (nSPS) is 19.1. The van der Waals surface area contributed by atoms with Gasteiger partial charge in [-0.05, 0) is 43.0 Å². The number of piperidine rings is 1. The lowest BCUT2D eigenvalue weighted by Crippen LogP contribution is -2.51. The molecule has 2 aromatic heterocycles. The van der Waals surface area contributed by atoms with Gasteiger partial charge in [-0.3, -0.25) is 4.79 Å². The molecule has 1 N–H and O–H groups in total. The van der Waals surface area contributed by atoms with E-state index in [2.05, 4.69) is 27.4 Å². The van der Waals surface area contributed by atoms with Crippen LogP contribution in [0.25, 0.3) is 5.69 Å². The van der Waals surface area contributed by atoms with Gasteiger partial charge in [-0.2, -0.15) is 28.2 Å². The van der Waals surface area contributed by atoms with Crippen LogP contribution in [0.4, 0.5) is 19.0 Å². The topological polar surface area (TPSA) is 75.9 Å². The van der Waals surface area contributed by atoms with Crippen LogP contribution in [0.5, 0.6) is 0 Å². The Hall–Kier alpha value is -3.43. The first-order chi connectivity index (χ1) is 15.3. The van der Waals surface area contributed by atoms with E-state index in [1.54, 1.807) is 30.6 Å². The van der Waals surface area contributed by atoms with E-state index in [1.807, 2.05) is 11.0 Å². The summed E-state index contributed by atoms with van der Waals surface area (Å²) in [5, 5.41) is 11.4. The molecule has 3 aromatic rings. The smallest absolute Gasteiger partial charge is 0.368 e. The molecule has 1 aliphatic rings. The van der Waals surface area contributed by atoms with Crippen LogP contribution in [-0.4, -0.2) is 49.9 Å². The zero-order valence-electron chi connectivity index (χ0n) is 17.5. The first-order valence-corrected chi connectivity index (χ1v) is 10.4. The van der Waals surface area contributed by atoms with Crippen molar-refractivity contribution in [3.05, 3.63) is 66.1 Å². The van der Waals surface area contributed by atoms with Crippen molar-refractivity contribution in [3.63, 3.8) is 0 Å². The molecule has 0 radical (unpaired) electrons. The minimum Gasteiger partial charge on any atom is -0.368 e. The Bertz CT molecular complexity index is 1050. The number of benzene rings is 1. The molecule has 1 amide bonds. The highest BCUT2D eigenvalue weighted by Crippen LogP contribution is 2.30. The number of anilines is 1. The van der Waals surface area contributed by atoms with Gasteiger partial charge in [-0.15, -0.1) is 0 Å². The van der Waals surface area contributed by atoms with Gasteiger partial charge < -0.3 is 10.2 Å². The summed E-state index contributed by atoms with van der Waals surface area (Å²) in [4.78, 5) is 20.6. The number of nitrogens with zero attached hydrogens (tertiary/aromatic N) is 5. The highest BCUT2D eigenvalue weighted by atomic mass is 19.4. The molecule has 2 atom stereocenters. The van der Waals surface area contributed by atoms with Crippen LogP contribution in [0.1, 0.15) is 35.7 Å². The van der Waals surface area contributed by atoms with Crippen molar-refractivity contribution in [2.45, 2.75) is 32.0 Å². The van der Waals surface area contributed by atoms with Crippen molar-refractivity contribution in [1.82, 2.24) is 24.9 Å². The van der Waals surface area contributed by atoms with E-state index in [1.165, 1.54) is 10.9 Å². The molecule has 0 spiro atoms. The summed E-state index contributed by atoms with van der Waals surface area (Å²) in [6.45, 7) is 3.05. The molecule has 0 bridgehead atoms. The molecule has 10 heteroatoms. The Morgan fingerprint density at radius 1 is 1.16 bits per heavy atom. The summed E-state index contributed by atoms with van der Waals surface area (Å²) in [5.41, 5.74) is 0.294. The predicted molar refractivity (Wildman–Crippen MR) is 112 cm³/mol. The van der Waals surface area contributed by atoms with Crippen LogP contribution in [0, 0.1) is 5.92 Å². The van der Waals surface area contributed by atoms with Gasteiger partial charge >= 0.3 is 6.18 Å². The Balaban J connectivity index is 1.53. The second-order valence-electron chi connectivity index (χ2n) is 7.83. The average Bonchev–Trinajstić information content (AvgIpc) is 3.32. The number of likely N-dealkylation sites (tertiary alicyclic amines) is 1. The second-order valence-corrected chi connectivity index (χ2v) is 7.83. The van der Waals surface area contributed by atoms with Crippen LogP contribution in [0.15, 0.2) is 55.0 Å². The second kappa shape index (κ2) is 8.97. The van der Waals surface area contributed by atoms with Crippen molar-refractivity contribution in [2.24, 2.45) is 5.92 Å². The van der Waals surface area contributed by atoms with Crippen molar-refractivity contribution in [2.75, 3.05) is 18.4 Å². The Kier molecular flexibility index (Phi) is 6.11. The van der Waals surface area contributed by atoms with E-state index in [0.717, 1.165) is 25.1 Å². The first-order valence-electron chi connectivity index (χ1n) is 10.4. The van der Waals surface area contributed by atoms with E-state index in [9.17, 15) is 18.0 Å². The molecule has 3 heterocycles. The number of hydrogen-bond acceptors (Lipinski definition) is 5. The molecule has 1 aromatic carbocycles. The number of hydrogen-bond donors (Lipinski definition) is 1. The lowest BCUT2D eigenvalue weighted by molar-refractivity contribution is -0.137. The highest BCUT2D eigenvalue weighted by molar-refractivity contribution is 5.98. The third kappa shape index (κ3) is 4.58. The van der Waals surface area contributed by atoms with Gasteiger partial charge in [0, 0.05) is 19.3 Å². The number of alkyl halides is 3. The third-order valence-corrected chi connectivity index (χ3v) is 5.73. The van der Waals surface area contributed by atoms with E-state index >= 15 is 0 Å². The molecule has 168 valence electrons. The molecular weight excluding hydrogens is 421 g/mol. The van der Waals surface area contributed by atoms with E-state index < -0.39 is 11.7 Å². The summed E-state index contributed by atoms with van der Waals surface area (Å²) in [5.74, 6) is 0.422. The Morgan fingerprint density at radius 3 is 2.59 bits per heavy atom. The number of carbonyl (C=O) groups excluding carboxylic acids is 1. The van der Waals surface area contributed by atoms with Gasteiger partial charge in [0.15, 0.2) is 0 Å². The monoisotopic (exact) mass is 444 g/mol. The number of pyridine rings is 1. The quantitative estimate of drug-likeness (QED) is 0.643. The SMILES string of the molecule is CC1CCCN(C(=O)c2ccccc2-n2nccn2)C1CNc1ccc(C(F)(F)F)cn1. The fourth-order valence-corrected chi connectivity index (χ4v) is 4.01. The van der Waals surface area contributed by atoms with E-state index in [4.69, 9.17) is 0 Å². The van der Waals surface area contributed by atoms with Crippen LogP contribution >= 0.6 is 0 Å². The summed E-state index contributed by atoms with van der Waals surface area (Å²) in [6, 6.07) is 9.33. The van der Waals surface area contributed by atoms with E-state index in [-0.39, 0.29) is 17.9 Å². The molecule has 7 nitrogen and oxygen atoms in total. The highest BCUT2D eigenvalue weighted by Gasteiger charge is 2.34. The van der Waals surface area contributed by atoms with Gasteiger partial charge in [0.25, 0.3) is 5.91 Å². The maximum absolute atomic E-state index is 13.5. The minimum atomic E-state index is -4.43. The summed E-state index contributed by atoms with van der Waals surface area (Å²) in [6.07, 6.45) is 1.32. The molecule has 4 rings (SSSR count). The van der Waals surface area contributed by atoms with Crippen LogP contribution in [-0.2, 0) is 6.18 Å². The lowest BCUT2D eigenvalue weighted by atomic mass is 9.90. The van der Waals surface area contributed by atoms with Crippen LogP contribution in [0.3, 0.4) is 0 Å². The molecule has 32 heavy (non-hydrogen) atoms. The summed E-state index contributed by atoms with van der Waals surface area (Å²) >= 11 is 0. The van der Waals surface area contributed by atoms with E-state index in [0.29, 0.717) is 30.2 Å². The fraction of sp³-hybridized carbons (Fsp3) is 0.364. The molecule has 2 unspecified atom stereocenters. The molecule has 1 aliphatic heterocycles. The summed E-state index contributed by atoms with van der Waals surface area (Å²) < 4.78 is 38.3. The molecule has 1 saturated heterocycles. The summed E-state index contributed by atoms with van der Waals surface area (Å²) in [7, 11) is 0. The number of aromatic nitrogens is 4. The van der Waals surface area contributed by atoms with Crippen molar-refractivity contribution >= 4 is 11.7 Å². The van der Waals surface area contributed by atoms with Crippen molar-refractivity contribution in [1.29, 1.82) is 0 Å². The van der Waals surface area contributed by atoms with Gasteiger partial charge in [0.05, 0.1) is 35.2 Å². The zero-order valence-corrected chi connectivity index (χ0v) is 17.5. The fourth-order valence-electron chi connectivity index (χ4n) is 4.01. The average molecular weight is 444 g/mol. The minimum absolute atomic E-state index is 0.128. The Labute approximate surface area is 183 Å². The van der Waals surface area contributed by atoms with Crippen molar-refractivity contribution in [3.8, 4) is 5.69 Å². The number of halogens is 3. The van der Waals surface area contributed by atoms with Gasteiger partial charge in [0.1, 0.15) is 5.82 Å². The molecule has 1 fully saturated rings.